The maximum absolute atomic E-state index is 12.5. The summed E-state index contributed by atoms with van der Waals surface area (Å²) in [5, 5.41) is 2.51. The molecule has 0 saturated heterocycles. The molecule has 0 aliphatic rings. The van der Waals surface area contributed by atoms with E-state index < -0.39 is 11.7 Å². The maximum atomic E-state index is 12.5. The van der Waals surface area contributed by atoms with Gasteiger partial charge in [-0.15, -0.1) is 0 Å². The minimum atomic E-state index is -4.37. The van der Waals surface area contributed by atoms with E-state index in [-0.39, 0.29) is 12.5 Å². The number of hydrogen-bond acceptors (Lipinski definition) is 1. The molecule has 0 aliphatic heterocycles. The number of rotatable bonds is 4. The highest BCUT2D eigenvalue weighted by Crippen LogP contribution is 2.29. The molecule has 1 amide bonds. The predicted molar refractivity (Wildman–Crippen MR) is 67.2 cm³/mol. The number of halogens is 3. The highest BCUT2D eigenvalue weighted by molar-refractivity contribution is 5.87. The molecule has 0 radical (unpaired) electrons. The van der Waals surface area contributed by atoms with E-state index in [0.717, 1.165) is 12.1 Å². The van der Waals surface area contributed by atoms with E-state index in [1.54, 1.807) is 18.2 Å². The van der Waals surface area contributed by atoms with E-state index in [4.69, 9.17) is 0 Å². The standard InChI is InChI=1S/C14H14F3NO/c1-2-3-4-8-13(19)18-10-11-6-5-7-12(9-11)14(15,16)17/h2-9H,10H2,1H3,(H,18,19)/b3-2+,8-4+. The first-order valence-electron chi connectivity index (χ1n) is 5.67. The number of alkyl halides is 3. The van der Waals surface area contributed by atoms with Crippen molar-refractivity contribution in [3.05, 3.63) is 59.7 Å². The Morgan fingerprint density at radius 3 is 2.68 bits per heavy atom. The van der Waals surface area contributed by atoms with Gasteiger partial charge in [0.05, 0.1) is 5.56 Å². The second-order valence-corrected chi connectivity index (χ2v) is 3.80. The molecule has 1 rings (SSSR count). The van der Waals surface area contributed by atoms with Gasteiger partial charge in [-0.1, -0.05) is 30.4 Å². The van der Waals surface area contributed by atoms with Crippen LogP contribution in [0, 0.1) is 0 Å². The highest BCUT2D eigenvalue weighted by atomic mass is 19.4. The van der Waals surface area contributed by atoms with Gasteiger partial charge in [0.2, 0.25) is 5.91 Å². The zero-order valence-electron chi connectivity index (χ0n) is 10.4. The summed E-state index contributed by atoms with van der Waals surface area (Å²) in [6, 6.07) is 4.87. The molecule has 19 heavy (non-hydrogen) atoms. The lowest BCUT2D eigenvalue weighted by atomic mass is 10.1. The molecule has 2 nitrogen and oxygen atoms in total. The number of nitrogens with one attached hydrogen (secondary N) is 1. The minimum Gasteiger partial charge on any atom is -0.348 e. The van der Waals surface area contributed by atoms with Crippen LogP contribution in [0.15, 0.2) is 48.6 Å². The van der Waals surface area contributed by atoms with Crippen molar-refractivity contribution in [2.75, 3.05) is 0 Å². The third kappa shape index (κ3) is 5.42. The molecule has 102 valence electrons. The van der Waals surface area contributed by atoms with Gasteiger partial charge >= 0.3 is 6.18 Å². The van der Waals surface area contributed by atoms with E-state index in [1.807, 2.05) is 6.92 Å². The molecule has 0 unspecified atom stereocenters. The van der Waals surface area contributed by atoms with Crippen LogP contribution < -0.4 is 5.32 Å². The summed E-state index contributed by atoms with van der Waals surface area (Å²) in [6.45, 7) is 1.87. The fourth-order valence-corrected chi connectivity index (χ4v) is 1.36. The van der Waals surface area contributed by atoms with E-state index in [9.17, 15) is 18.0 Å². The predicted octanol–water partition coefficient (Wildman–Crippen LogP) is 3.45. The van der Waals surface area contributed by atoms with Gasteiger partial charge in [-0.05, 0) is 24.6 Å². The Bertz CT molecular complexity index is 490. The van der Waals surface area contributed by atoms with Crippen molar-refractivity contribution in [2.45, 2.75) is 19.6 Å². The van der Waals surface area contributed by atoms with Gasteiger partial charge in [-0.25, -0.2) is 0 Å². The quantitative estimate of drug-likeness (QED) is 0.658. The first-order valence-corrected chi connectivity index (χ1v) is 5.67. The van der Waals surface area contributed by atoms with Gasteiger partial charge in [0.25, 0.3) is 0 Å². The van der Waals surface area contributed by atoms with Crippen LogP contribution in [0.25, 0.3) is 0 Å². The summed E-state index contributed by atoms with van der Waals surface area (Å²) >= 11 is 0. The second-order valence-electron chi connectivity index (χ2n) is 3.80. The van der Waals surface area contributed by atoms with E-state index in [0.29, 0.717) is 5.56 Å². The van der Waals surface area contributed by atoms with Crippen molar-refractivity contribution in [3.8, 4) is 0 Å². The van der Waals surface area contributed by atoms with Gasteiger partial charge < -0.3 is 5.32 Å². The molecule has 0 spiro atoms. The van der Waals surface area contributed by atoms with Crippen LogP contribution in [0.2, 0.25) is 0 Å². The molecule has 1 N–H and O–H groups in total. The fraction of sp³-hybridized carbons (Fsp3) is 0.214. The first kappa shape index (κ1) is 15.0. The van der Waals surface area contributed by atoms with Crippen LogP contribution in [0.3, 0.4) is 0 Å². The van der Waals surface area contributed by atoms with Gasteiger partial charge in [0, 0.05) is 12.6 Å². The molecule has 0 aromatic heterocycles. The lowest BCUT2D eigenvalue weighted by Gasteiger charge is -2.08. The summed E-state index contributed by atoms with van der Waals surface area (Å²) in [6.07, 6.45) is 1.95. The van der Waals surface area contributed by atoms with Gasteiger partial charge in [0.1, 0.15) is 0 Å². The van der Waals surface area contributed by atoms with E-state index in [2.05, 4.69) is 5.32 Å². The maximum Gasteiger partial charge on any atom is 0.416 e. The molecule has 0 aliphatic carbocycles. The number of benzene rings is 1. The zero-order valence-corrected chi connectivity index (χ0v) is 10.4. The SMILES string of the molecule is C/C=C/C=C/C(=O)NCc1cccc(C(F)(F)F)c1. The fourth-order valence-electron chi connectivity index (χ4n) is 1.36. The highest BCUT2D eigenvalue weighted by Gasteiger charge is 2.30. The molecular formula is C14H14F3NO. The number of allylic oxidation sites excluding steroid dienone is 3. The van der Waals surface area contributed by atoms with Crippen molar-refractivity contribution in [3.63, 3.8) is 0 Å². The largest absolute Gasteiger partial charge is 0.416 e. The van der Waals surface area contributed by atoms with Crippen LogP contribution in [-0.4, -0.2) is 5.91 Å². The Hall–Kier alpha value is -2.04. The molecule has 1 aromatic carbocycles. The van der Waals surface area contributed by atoms with Crippen molar-refractivity contribution in [1.82, 2.24) is 5.32 Å². The molecule has 5 heteroatoms. The van der Waals surface area contributed by atoms with Crippen LogP contribution in [0.5, 0.6) is 0 Å². The topological polar surface area (TPSA) is 29.1 Å². The molecule has 0 bridgehead atoms. The second kappa shape index (κ2) is 6.78. The van der Waals surface area contributed by atoms with Crippen molar-refractivity contribution >= 4 is 5.91 Å². The van der Waals surface area contributed by atoms with Crippen molar-refractivity contribution in [1.29, 1.82) is 0 Å². The third-order valence-corrected chi connectivity index (χ3v) is 2.27. The van der Waals surface area contributed by atoms with Crippen LogP contribution in [0.1, 0.15) is 18.1 Å². The Labute approximate surface area is 109 Å². The van der Waals surface area contributed by atoms with Crippen LogP contribution in [0.4, 0.5) is 13.2 Å². The third-order valence-electron chi connectivity index (χ3n) is 2.27. The number of hydrogen-bond donors (Lipinski definition) is 1. The Kier molecular flexibility index (Phi) is 5.36. The smallest absolute Gasteiger partial charge is 0.348 e. The van der Waals surface area contributed by atoms with Crippen molar-refractivity contribution in [2.24, 2.45) is 0 Å². The molecule has 1 aromatic rings. The summed E-state index contributed by atoms with van der Waals surface area (Å²) in [7, 11) is 0. The van der Waals surface area contributed by atoms with Crippen molar-refractivity contribution < 1.29 is 18.0 Å². The van der Waals surface area contributed by atoms with Crippen LogP contribution >= 0.6 is 0 Å². The summed E-state index contributed by atoms with van der Waals surface area (Å²) in [5.41, 5.74) is -0.314. The summed E-state index contributed by atoms with van der Waals surface area (Å²) < 4.78 is 37.4. The van der Waals surface area contributed by atoms with E-state index >= 15 is 0 Å². The molecule has 0 saturated carbocycles. The molecule has 0 atom stereocenters. The monoisotopic (exact) mass is 269 g/mol. The minimum absolute atomic E-state index is 0.0585. The Balaban J connectivity index is 2.61. The average molecular weight is 269 g/mol. The molecular weight excluding hydrogens is 255 g/mol. The lowest BCUT2D eigenvalue weighted by Crippen LogP contribution is -2.20. The average Bonchev–Trinajstić information content (AvgIpc) is 2.36. The number of carbonyl (C=O) groups excluding carboxylic acids is 1. The number of amides is 1. The van der Waals surface area contributed by atoms with E-state index in [1.165, 1.54) is 18.2 Å². The zero-order chi connectivity index (χ0) is 14.3. The summed E-state index contributed by atoms with van der Waals surface area (Å²) in [4.78, 5) is 11.3. The van der Waals surface area contributed by atoms with Gasteiger partial charge in [-0.3, -0.25) is 4.79 Å². The Morgan fingerprint density at radius 1 is 1.32 bits per heavy atom. The summed E-state index contributed by atoms with van der Waals surface area (Å²) in [5.74, 6) is -0.351. The number of carbonyl (C=O) groups is 1. The van der Waals surface area contributed by atoms with Gasteiger partial charge in [0.15, 0.2) is 0 Å². The normalized spacial score (nSPS) is 12.2. The lowest BCUT2D eigenvalue weighted by molar-refractivity contribution is -0.137. The first-order chi connectivity index (χ1) is 8.93. The van der Waals surface area contributed by atoms with Gasteiger partial charge in [-0.2, -0.15) is 13.2 Å². The molecule has 0 heterocycles. The van der Waals surface area contributed by atoms with Crippen LogP contribution in [-0.2, 0) is 17.5 Å². The Morgan fingerprint density at radius 2 is 2.05 bits per heavy atom. The molecule has 0 fully saturated rings.